The number of halogens is 1. The zero-order valence-corrected chi connectivity index (χ0v) is 12.3. The van der Waals surface area contributed by atoms with Crippen molar-refractivity contribution in [1.82, 2.24) is 5.43 Å². The van der Waals surface area contributed by atoms with Crippen LogP contribution in [0.5, 0.6) is 0 Å². The van der Waals surface area contributed by atoms with E-state index in [9.17, 15) is 4.79 Å². The summed E-state index contributed by atoms with van der Waals surface area (Å²) in [5.74, 6) is 0. The first kappa shape index (κ1) is 13.7. The smallest absolute Gasteiger partial charge is 0.337 e. The number of nitrogens with one attached hydrogen (secondary N) is 1. The molecule has 0 aliphatic rings. The maximum atomic E-state index is 11.3. The molecule has 5 nitrogen and oxygen atoms in total. The summed E-state index contributed by atoms with van der Waals surface area (Å²) in [5, 5.41) is 4.92. The van der Waals surface area contributed by atoms with E-state index in [1.165, 1.54) is 6.07 Å². The number of thiocarbonyl (C=S) groups is 1. The average Bonchev–Trinajstić information content (AvgIpc) is 2.34. The quantitative estimate of drug-likeness (QED) is 0.379. The van der Waals surface area contributed by atoms with Gasteiger partial charge in [0.15, 0.2) is 5.11 Å². The van der Waals surface area contributed by atoms with E-state index in [2.05, 4.69) is 38.7 Å². The van der Waals surface area contributed by atoms with Crippen LogP contribution < -0.4 is 16.8 Å². The Morgan fingerprint density at radius 3 is 2.89 bits per heavy atom. The molecular formula is C12H10BrN3O2S. The summed E-state index contributed by atoms with van der Waals surface area (Å²) in [6, 6.07) is 6.84. The Balaban J connectivity index is 2.50. The maximum absolute atomic E-state index is 11.3. The maximum Gasteiger partial charge on any atom is 0.337 e. The number of rotatable bonds is 2. The lowest BCUT2D eigenvalue weighted by Gasteiger charge is -2.04. The third-order valence-electron chi connectivity index (χ3n) is 2.45. The second-order valence-electron chi connectivity index (χ2n) is 3.80. The minimum absolute atomic E-state index is 0.0921. The summed E-state index contributed by atoms with van der Waals surface area (Å²) in [6.07, 6.45) is 0. The molecule has 1 heterocycles. The molecule has 0 atom stereocenters. The molecule has 98 valence electrons. The molecule has 19 heavy (non-hydrogen) atoms. The van der Waals surface area contributed by atoms with Crippen molar-refractivity contribution in [2.24, 2.45) is 10.8 Å². The number of hydrogen-bond donors (Lipinski definition) is 2. The minimum Gasteiger partial charge on any atom is -0.423 e. The average molecular weight is 340 g/mol. The first-order valence-corrected chi connectivity index (χ1v) is 6.51. The van der Waals surface area contributed by atoms with Crippen molar-refractivity contribution in [3.63, 3.8) is 0 Å². The standard InChI is InChI=1S/C12H10BrN3O2S/c1-6(15-16-12(14)19)7-2-3-8-9(13)5-11(17)18-10(8)4-7/h2-5H,1H3,(H3,14,16,19). The van der Waals surface area contributed by atoms with Crippen molar-refractivity contribution >= 4 is 49.9 Å². The van der Waals surface area contributed by atoms with Gasteiger partial charge in [-0.1, -0.05) is 6.07 Å². The normalized spacial score (nSPS) is 11.6. The third kappa shape index (κ3) is 3.18. The van der Waals surface area contributed by atoms with E-state index in [1.807, 2.05) is 12.1 Å². The van der Waals surface area contributed by atoms with E-state index < -0.39 is 5.63 Å². The number of hydrogen-bond acceptors (Lipinski definition) is 4. The summed E-state index contributed by atoms with van der Waals surface area (Å²) < 4.78 is 5.84. The second kappa shape index (κ2) is 5.50. The Hall–Kier alpha value is -1.73. The summed E-state index contributed by atoms with van der Waals surface area (Å²) in [4.78, 5) is 11.3. The molecule has 0 fully saturated rings. The van der Waals surface area contributed by atoms with Crippen LogP contribution in [0.1, 0.15) is 12.5 Å². The van der Waals surface area contributed by atoms with Crippen LogP contribution in [0.2, 0.25) is 0 Å². The Labute approximate surface area is 122 Å². The van der Waals surface area contributed by atoms with Gasteiger partial charge in [0.1, 0.15) is 5.58 Å². The number of hydrazone groups is 1. The Kier molecular flexibility index (Phi) is 3.96. The molecule has 0 saturated heterocycles. The van der Waals surface area contributed by atoms with E-state index in [4.69, 9.17) is 10.2 Å². The molecule has 0 saturated carbocycles. The predicted octanol–water partition coefficient (Wildman–Crippen LogP) is 2.11. The molecule has 0 radical (unpaired) electrons. The highest BCUT2D eigenvalue weighted by Crippen LogP contribution is 2.23. The molecule has 0 amide bonds. The van der Waals surface area contributed by atoms with Gasteiger partial charge in [-0.05, 0) is 47.2 Å². The topological polar surface area (TPSA) is 80.6 Å². The summed E-state index contributed by atoms with van der Waals surface area (Å²) in [7, 11) is 0. The second-order valence-corrected chi connectivity index (χ2v) is 5.09. The lowest BCUT2D eigenvalue weighted by molar-refractivity contribution is 0.560. The number of benzene rings is 1. The minimum atomic E-state index is -0.410. The van der Waals surface area contributed by atoms with Crippen LogP contribution in [0.4, 0.5) is 0 Å². The fourth-order valence-electron chi connectivity index (χ4n) is 1.55. The van der Waals surface area contributed by atoms with Crippen LogP contribution >= 0.6 is 28.1 Å². The van der Waals surface area contributed by atoms with Crippen LogP contribution in [0.3, 0.4) is 0 Å². The van der Waals surface area contributed by atoms with E-state index >= 15 is 0 Å². The zero-order chi connectivity index (χ0) is 14.0. The number of fused-ring (bicyclic) bond motifs is 1. The van der Waals surface area contributed by atoms with Crippen molar-refractivity contribution in [3.8, 4) is 0 Å². The van der Waals surface area contributed by atoms with Crippen LogP contribution in [0.25, 0.3) is 11.0 Å². The van der Waals surface area contributed by atoms with Crippen molar-refractivity contribution < 1.29 is 4.42 Å². The first-order valence-electron chi connectivity index (χ1n) is 5.31. The van der Waals surface area contributed by atoms with E-state index in [1.54, 1.807) is 13.0 Å². The number of nitrogens with two attached hydrogens (primary N) is 1. The van der Waals surface area contributed by atoms with Crippen molar-refractivity contribution in [2.75, 3.05) is 0 Å². The van der Waals surface area contributed by atoms with Gasteiger partial charge in [-0.3, -0.25) is 5.43 Å². The van der Waals surface area contributed by atoms with E-state index in [0.717, 1.165) is 10.9 Å². The molecule has 0 unspecified atom stereocenters. The van der Waals surface area contributed by atoms with Gasteiger partial charge >= 0.3 is 5.63 Å². The van der Waals surface area contributed by atoms with Crippen LogP contribution in [0.15, 0.2) is 43.1 Å². The fraction of sp³-hybridized carbons (Fsp3) is 0.0833. The molecule has 1 aromatic carbocycles. The number of nitrogens with zero attached hydrogens (tertiary/aromatic N) is 1. The molecular weight excluding hydrogens is 330 g/mol. The Morgan fingerprint density at radius 1 is 1.47 bits per heavy atom. The lowest BCUT2D eigenvalue weighted by Crippen LogP contribution is -2.25. The molecule has 0 aliphatic heterocycles. The summed E-state index contributed by atoms with van der Waals surface area (Å²) in [5.41, 5.74) is 9.37. The van der Waals surface area contributed by atoms with Crippen molar-refractivity contribution in [2.45, 2.75) is 6.92 Å². The van der Waals surface area contributed by atoms with Gasteiger partial charge in [-0.2, -0.15) is 5.10 Å². The molecule has 2 rings (SSSR count). The van der Waals surface area contributed by atoms with Gasteiger partial charge < -0.3 is 10.2 Å². The van der Waals surface area contributed by atoms with E-state index in [-0.39, 0.29) is 5.11 Å². The van der Waals surface area contributed by atoms with Gasteiger partial charge in [0.2, 0.25) is 0 Å². The lowest BCUT2D eigenvalue weighted by atomic mass is 10.1. The van der Waals surface area contributed by atoms with Crippen LogP contribution in [0, 0.1) is 0 Å². The van der Waals surface area contributed by atoms with E-state index in [0.29, 0.717) is 15.8 Å². The van der Waals surface area contributed by atoms with Crippen LogP contribution in [-0.2, 0) is 0 Å². The Bertz CT molecular complexity index is 739. The fourth-order valence-corrected chi connectivity index (χ4v) is 2.11. The third-order valence-corrected chi connectivity index (χ3v) is 3.19. The molecule has 7 heteroatoms. The largest absolute Gasteiger partial charge is 0.423 e. The zero-order valence-electron chi connectivity index (χ0n) is 9.94. The van der Waals surface area contributed by atoms with Gasteiger partial charge in [0.25, 0.3) is 0 Å². The molecule has 3 N–H and O–H groups in total. The van der Waals surface area contributed by atoms with Gasteiger partial charge in [0, 0.05) is 21.5 Å². The molecule has 0 bridgehead atoms. The van der Waals surface area contributed by atoms with Crippen LogP contribution in [-0.4, -0.2) is 10.8 Å². The highest BCUT2D eigenvalue weighted by molar-refractivity contribution is 9.10. The Morgan fingerprint density at radius 2 is 2.21 bits per heavy atom. The molecule has 1 aromatic heterocycles. The highest BCUT2D eigenvalue weighted by Gasteiger charge is 2.06. The van der Waals surface area contributed by atoms with Gasteiger partial charge in [0.05, 0.1) is 5.71 Å². The first-order chi connectivity index (χ1) is 8.97. The summed E-state index contributed by atoms with van der Waals surface area (Å²) in [6.45, 7) is 1.79. The van der Waals surface area contributed by atoms with Crippen molar-refractivity contribution in [3.05, 3.63) is 44.7 Å². The van der Waals surface area contributed by atoms with Crippen molar-refractivity contribution in [1.29, 1.82) is 0 Å². The molecule has 0 spiro atoms. The van der Waals surface area contributed by atoms with Gasteiger partial charge in [-0.15, -0.1) is 0 Å². The highest BCUT2D eigenvalue weighted by atomic mass is 79.9. The summed E-state index contributed by atoms with van der Waals surface area (Å²) >= 11 is 7.99. The van der Waals surface area contributed by atoms with Gasteiger partial charge in [-0.25, -0.2) is 4.79 Å². The SMILES string of the molecule is CC(=NNC(N)=S)c1ccc2c(Br)cc(=O)oc2c1. The molecule has 2 aromatic rings. The predicted molar refractivity (Wildman–Crippen MR) is 82.3 cm³/mol. The molecule has 0 aliphatic carbocycles. The monoisotopic (exact) mass is 339 g/mol.